The van der Waals surface area contributed by atoms with Crippen LogP contribution in [0.3, 0.4) is 0 Å². The third-order valence-corrected chi connectivity index (χ3v) is 7.47. The average Bonchev–Trinajstić information content (AvgIpc) is 3.44. The molecule has 1 aliphatic heterocycles. The summed E-state index contributed by atoms with van der Waals surface area (Å²) in [5, 5.41) is 9.08. The summed E-state index contributed by atoms with van der Waals surface area (Å²) in [4.78, 5) is 22.7. The topological polar surface area (TPSA) is 89.9 Å². The first-order chi connectivity index (χ1) is 14.6. The molecule has 1 aliphatic carbocycles. The number of carbonyl (C=O) groups excluding carboxylic acids is 1. The molecule has 3 unspecified atom stereocenters. The Morgan fingerprint density at radius 2 is 2.17 bits per heavy atom. The van der Waals surface area contributed by atoms with Crippen molar-refractivity contribution in [3.05, 3.63) is 48.6 Å². The van der Waals surface area contributed by atoms with E-state index in [0.717, 1.165) is 41.8 Å². The van der Waals surface area contributed by atoms with Gasteiger partial charge >= 0.3 is 0 Å². The molecule has 30 heavy (non-hydrogen) atoms. The minimum absolute atomic E-state index is 0.00444. The largest absolute Gasteiger partial charge is 0.383 e. The quantitative estimate of drug-likeness (QED) is 0.516. The summed E-state index contributed by atoms with van der Waals surface area (Å²) < 4.78 is 3.26. The molecular weight excluding hydrogens is 396 g/mol. The van der Waals surface area contributed by atoms with Gasteiger partial charge in [0, 0.05) is 29.3 Å². The predicted octanol–water partition coefficient (Wildman–Crippen LogP) is 3.50. The van der Waals surface area contributed by atoms with E-state index < -0.39 is 0 Å². The maximum absolute atomic E-state index is 12.1. The number of hydrogen-bond acceptors (Lipinski definition) is 6. The Hall–Kier alpha value is -3.26. The molecule has 2 fully saturated rings. The minimum atomic E-state index is 0.00444. The predicted molar refractivity (Wildman–Crippen MR) is 118 cm³/mol. The summed E-state index contributed by atoms with van der Waals surface area (Å²) in [5.74, 6) is 1.32. The van der Waals surface area contributed by atoms with E-state index in [2.05, 4.69) is 46.2 Å². The van der Waals surface area contributed by atoms with E-state index in [0.29, 0.717) is 17.7 Å². The molecule has 1 saturated carbocycles. The van der Waals surface area contributed by atoms with Crippen LogP contribution in [0.5, 0.6) is 0 Å². The molecule has 2 N–H and O–H groups in total. The van der Waals surface area contributed by atoms with Gasteiger partial charge in [0.1, 0.15) is 17.8 Å². The number of nitrogens with two attached hydrogens (primary N) is 1. The highest BCUT2D eigenvalue weighted by Crippen LogP contribution is 2.50. The number of hydrogen-bond donors (Lipinski definition) is 1. The van der Waals surface area contributed by atoms with Crippen LogP contribution in [-0.2, 0) is 4.79 Å². The Morgan fingerprint density at radius 1 is 1.27 bits per heavy atom. The maximum Gasteiger partial charge on any atom is 0.245 e. The first kappa shape index (κ1) is 17.6. The molecular formula is C22H20N6OS. The van der Waals surface area contributed by atoms with Crippen LogP contribution in [0.4, 0.5) is 5.82 Å². The lowest BCUT2D eigenvalue weighted by molar-refractivity contribution is -0.125. The number of thiophene rings is 1. The lowest BCUT2D eigenvalue weighted by Gasteiger charge is -2.39. The molecule has 1 amide bonds. The Balaban J connectivity index is 1.45. The number of rotatable bonds is 3. The smallest absolute Gasteiger partial charge is 0.245 e. The maximum atomic E-state index is 12.1. The van der Waals surface area contributed by atoms with Crippen molar-refractivity contribution < 1.29 is 4.79 Å². The highest BCUT2D eigenvalue weighted by Gasteiger charge is 2.49. The number of likely N-dealkylation sites (tertiary alicyclic amines) is 1. The molecule has 1 aromatic carbocycles. The second-order valence-electron chi connectivity index (χ2n) is 8.10. The Bertz CT molecular complexity index is 1320. The molecule has 7 nitrogen and oxygen atoms in total. The van der Waals surface area contributed by atoms with Gasteiger partial charge in [-0.2, -0.15) is 5.10 Å². The van der Waals surface area contributed by atoms with Gasteiger partial charge in [-0.3, -0.25) is 4.79 Å². The summed E-state index contributed by atoms with van der Waals surface area (Å²) >= 11 is 1.72. The Labute approximate surface area is 176 Å². The van der Waals surface area contributed by atoms with Gasteiger partial charge in [-0.15, -0.1) is 11.3 Å². The Kier molecular flexibility index (Phi) is 3.73. The zero-order valence-corrected chi connectivity index (χ0v) is 17.0. The fourth-order valence-corrected chi connectivity index (χ4v) is 5.77. The zero-order valence-electron chi connectivity index (χ0n) is 16.2. The normalized spacial score (nSPS) is 22.9. The van der Waals surface area contributed by atoms with Gasteiger partial charge in [0.05, 0.1) is 11.4 Å². The Morgan fingerprint density at radius 3 is 3.03 bits per heavy atom. The second-order valence-corrected chi connectivity index (χ2v) is 9.05. The van der Waals surface area contributed by atoms with E-state index in [4.69, 9.17) is 10.8 Å². The van der Waals surface area contributed by atoms with Crippen LogP contribution in [0.1, 0.15) is 12.5 Å². The number of amides is 1. The third kappa shape index (κ3) is 2.43. The number of anilines is 1. The monoisotopic (exact) mass is 416 g/mol. The van der Waals surface area contributed by atoms with E-state index in [1.54, 1.807) is 11.3 Å². The SMILES string of the molecule is C=CC(=O)N1CC2CC(n3nc(-c4ccc5sccc5c4)c4c(N)ncnc43)C2C1. The minimum Gasteiger partial charge on any atom is -0.383 e. The summed E-state index contributed by atoms with van der Waals surface area (Å²) in [7, 11) is 0. The van der Waals surface area contributed by atoms with Crippen molar-refractivity contribution in [2.75, 3.05) is 18.8 Å². The fourth-order valence-electron chi connectivity index (χ4n) is 5.00. The first-order valence-corrected chi connectivity index (χ1v) is 10.9. The van der Waals surface area contributed by atoms with Gasteiger partial charge in [-0.05, 0) is 47.4 Å². The van der Waals surface area contributed by atoms with E-state index in [9.17, 15) is 4.79 Å². The molecule has 3 atom stereocenters. The summed E-state index contributed by atoms with van der Waals surface area (Å²) in [6.45, 7) is 5.15. The number of carbonyl (C=O) groups is 1. The molecule has 0 spiro atoms. The van der Waals surface area contributed by atoms with Crippen molar-refractivity contribution in [2.24, 2.45) is 11.8 Å². The number of nitrogen functional groups attached to an aromatic ring is 1. The van der Waals surface area contributed by atoms with Crippen molar-refractivity contribution >= 4 is 44.2 Å². The number of aromatic nitrogens is 4. The molecule has 0 bridgehead atoms. The van der Waals surface area contributed by atoms with Crippen LogP contribution in [0.15, 0.2) is 48.6 Å². The van der Waals surface area contributed by atoms with Gasteiger partial charge in [-0.25, -0.2) is 14.6 Å². The number of benzene rings is 1. The van der Waals surface area contributed by atoms with Crippen LogP contribution in [-0.4, -0.2) is 43.6 Å². The van der Waals surface area contributed by atoms with E-state index >= 15 is 0 Å². The lowest BCUT2D eigenvalue weighted by Crippen LogP contribution is -2.38. The number of fused-ring (bicyclic) bond motifs is 3. The van der Waals surface area contributed by atoms with E-state index in [-0.39, 0.29) is 11.9 Å². The van der Waals surface area contributed by atoms with Crippen LogP contribution in [0.2, 0.25) is 0 Å². The summed E-state index contributed by atoms with van der Waals surface area (Å²) in [5.41, 5.74) is 8.87. The third-order valence-electron chi connectivity index (χ3n) is 6.57. The van der Waals surface area contributed by atoms with Gasteiger partial charge < -0.3 is 10.6 Å². The van der Waals surface area contributed by atoms with Gasteiger partial charge in [0.15, 0.2) is 5.65 Å². The van der Waals surface area contributed by atoms with E-state index in [1.165, 1.54) is 22.5 Å². The summed E-state index contributed by atoms with van der Waals surface area (Å²) in [6.07, 6.45) is 3.88. The average molecular weight is 417 g/mol. The molecule has 4 aromatic rings. The van der Waals surface area contributed by atoms with Crippen molar-refractivity contribution in [3.8, 4) is 11.3 Å². The van der Waals surface area contributed by atoms with Crippen molar-refractivity contribution in [3.63, 3.8) is 0 Å². The number of nitrogens with zero attached hydrogens (tertiary/aromatic N) is 5. The van der Waals surface area contributed by atoms with Crippen LogP contribution in [0.25, 0.3) is 32.4 Å². The van der Waals surface area contributed by atoms with Crippen molar-refractivity contribution in [2.45, 2.75) is 12.5 Å². The fraction of sp³-hybridized carbons (Fsp3) is 0.273. The van der Waals surface area contributed by atoms with Crippen LogP contribution >= 0.6 is 11.3 Å². The zero-order chi connectivity index (χ0) is 20.4. The molecule has 3 aromatic heterocycles. The molecule has 6 rings (SSSR count). The molecule has 150 valence electrons. The second kappa shape index (κ2) is 6.37. The first-order valence-electron chi connectivity index (χ1n) is 10.0. The van der Waals surface area contributed by atoms with Crippen LogP contribution < -0.4 is 5.73 Å². The standard InChI is InChI=1S/C22H20N6OS/c1-2-18(29)27-9-14-8-16(15(14)10-27)28-22-19(21(23)24-11-25-22)20(26-28)13-3-4-17-12(7-13)5-6-30-17/h2-7,11,14-16H,1,8-10H2,(H2,23,24,25). The van der Waals surface area contributed by atoms with Crippen molar-refractivity contribution in [1.29, 1.82) is 0 Å². The summed E-state index contributed by atoms with van der Waals surface area (Å²) in [6, 6.07) is 8.67. The molecule has 4 heterocycles. The van der Waals surface area contributed by atoms with E-state index in [1.807, 2.05) is 9.58 Å². The highest BCUT2D eigenvalue weighted by molar-refractivity contribution is 7.17. The molecule has 8 heteroatoms. The van der Waals surface area contributed by atoms with Gasteiger partial charge in [0.2, 0.25) is 5.91 Å². The molecule has 1 saturated heterocycles. The highest BCUT2D eigenvalue weighted by atomic mass is 32.1. The van der Waals surface area contributed by atoms with Gasteiger partial charge in [0.25, 0.3) is 0 Å². The van der Waals surface area contributed by atoms with Crippen LogP contribution in [0, 0.1) is 11.8 Å². The molecule has 0 radical (unpaired) electrons. The lowest BCUT2D eigenvalue weighted by atomic mass is 9.71. The van der Waals surface area contributed by atoms with Crippen molar-refractivity contribution in [1.82, 2.24) is 24.6 Å². The van der Waals surface area contributed by atoms with Gasteiger partial charge in [-0.1, -0.05) is 12.6 Å². The molecule has 2 aliphatic rings.